The molecular weight excluding hydrogens is 265 g/mol. The van der Waals surface area contributed by atoms with Gasteiger partial charge in [0.15, 0.2) is 0 Å². The number of halogens is 2. The molecule has 0 fully saturated rings. The number of anilines is 1. The van der Waals surface area contributed by atoms with Crippen molar-refractivity contribution in [3.8, 4) is 0 Å². The first kappa shape index (κ1) is 13.6. The van der Waals surface area contributed by atoms with Crippen molar-refractivity contribution in [3.63, 3.8) is 0 Å². The van der Waals surface area contributed by atoms with Crippen LogP contribution in [0.1, 0.15) is 21.5 Å². The van der Waals surface area contributed by atoms with E-state index in [1.54, 1.807) is 12.1 Å². The largest absolute Gasteiger partial charge is 0.319 e. The fourth-order valence-electron chi connectivity index (χ4n) is 1.89. The SMILES string of the molecule is Cc1cc(C)cc(C(=O)Nc2ccc(Cl)cc2F)c1. The van der Waals surface area contributed by atoms with Gasteiger partial charge in [-0.3, -0.25) is 4.79 Å². The number of benzene rings is 2. The van der Waals surface area contributed by atoms with Crippen molar-refractivity contribution in [2.75, 3.05) is 5.32 Å². The van der Waals surface area contributed by atoms with Crippen molar-refractivity contribution >= 4 is 23.2 Å². The van der Waals surface area contributed by atoms with E-state index in [-0.39, 0.29) is 11.6 Å². The molecule has 2 nitrogen and oxygen atoms in total. The van der Waals surface area contributed by atoms with Crippen LogP contribution in [0, 0.1) is 19.7 Å². The molecule has 4 heteroatoms. The number of aryl methyl sites for hydroxylation is 2. The lowest BCUT2D eigenvalue weighted by Crippen LogP contribution is -2.13. The molecule has 0 saturated heterocycles. The third kappa shape index (κ3) is 3.32. The van der Waals surface area contributed by atoms with E-state index in [1.165, 1.54) is 18.2 Å². The highest BCUT2D eigenvalue weighted by molar-refractivity contribution is 6.30. The van der Waals surface area contributed by atoms with E-state index in [4.69, 9.17) is 11.6 Å². The van der Waals surface area contributed by atoms with Crippen LogP contribution in [0.15, 0.2) is 36.4 Å². The smallest absolute Gasteiger partial charge is 0.255 e. The number of hydrogen-bond donors (Lipinski definition) is 1. The topological polar surface area (TPSA) is 29.1 Å². The molecule has 0 aliphatic heterocycles. The highest BCUT2D eigenvalue weighted by Crippen LogP contribution is 2.20. The molecule has 0 radical (unpaired) electrons. The summed E-state index contributed by atoms with van der Waals surface area (Å²) in [5.74, 6) is -0.891. The van der Waals surface area contributed by atoms with Crippen molar-refractivity contribution < 1.29 is 9.18 Å². The van der Waals surface area contributed by atoms with Crippen molar-refractivity contribution in [2.24, 2.45) is 0 Å². The second-order valence-corrected chi connectivity index (χ2v) is 4.89. The normalized spacial score (nSPS) is 10.3. The number of rotatable bonds is 2. The monoisotopic (exact) mass is 277 g/mol. The zero-order valence-electron chi connectivity index (χ0n) is 10.6. The summed E-state index contributed by atoms with van der Waals surface area (Å²) >= 11 is 5.66. The van der Waals surface area contributed by atoms with Crippen LogP contribution in [0.4, 0.5) is 10.1 Å². The first-order valence-electron chi connectivity index (χ1n) is 5.80. The third-order valence-electron chi connectivity index (χ3n) is 2.66. The number of nitrogens with one attached hydrogen (secondary N) is 1. The summed E-state index contributed by atoms with van der Waals surface area (Å²) in [7, 11) is 0. The number of amides is 1. The van der Waals surface area contributed by atoms with Gasteiger partial charge in [-0.1, -0.05) is 28.8 Å². The Balaban J connectivity index is 2.25. The summed E-state index contributed by atoms with van der Waals surface area (Å²) in [6.45, 7) is 3.82. The minimum absolute atomic E-state index is 0.119. The fourth-order valence-corrected chi connectivity index (χ4v) is 2.05. The highest BCUT2D eigenvalue weighted by Gasteiger charge is 2.10. The van der Waals surface area contributed by atoms with Gasteiger partial charge in [0.2, 0.25) is 0 Å². The first-order valence-corrected chi connectivity index (χ1v) is 6.18. The Kier molecular flexibility index (Phi) is 3.86. The Morgan fingerprint density at radius 3 is 2.32 bits per heavy atom. The minimum Gasteiger partial charge on any atom is -0.319 e. The maximum atomic E-state index is 13.6. The molecule has 0 aromatic heterocycles. The molecule has 0 heterocycles. The first-order chi connectivity index (χ1) is 8.95. The number of hydrogen-bond acceptors (Lipinski definition) is 1. The maximum Gasteiger partial charge on any atom is 0.255 e. The molecule has 0 atom stereocenters. The Morgan fingerprint density at radius 2 is 1.74 bits per heavy atom. The van der Waals surface area contributed by atoms with Gasteiger partial charge in [0.25, 0.3) is 5.91 Å². The van der Waals surface area contributed by atoms with Gasteiger partial charge in [0, 0.05) is 10.6 Å². The van der Waals surface area contributed by atoms with E-state index >= 15 is 0 Å². The lowest BCUT2D eigenvalue weighted by Gasteiger charge is -2.08. The molecule has 2 rings (SSSR count). The Morgan fingerprint density at radius 1 is 1.11 bits per heavy atom. The van der Waals surface area contributed by atoms with Gasteiger partial charge in [-0.05, 0) is 44.2 Å². The molecule has 0 aliphatic carbocycles. The van der Waals surface area contributed by atoms with Crippen LogP contribution < -0.4 is 5.32 Å². The maximum absolute atomic E-state index is 13.6. The van der Waals surface area contributed by atoms with Gasteiger partial charge in [-0.25, -0.2) is 4.39 Å². The highest BCUT2D eigenvalue weighted by atomic mass is 35.5. The van der Waals surface area contributed by atoms with Crippen molar-refractivity contribution in [2.45, 2.75) is 13.8 Å². The third-order valence-corrected chi connectivity index (χ3v) is 2.90. The van der Waals surface area contributed by atoms with Gasteiger partial charge in [0.05, 0.1) is 5.69 Å². The molecule has 0 bridgehead atoms. The predicted molar refractivity (Wildman–Crippen MR) is 75.3 cm³/mol. The predicted octanol–water partition coefficient (Wildman–Crippen LogP) is 4.35. The Labute approximate surface area is 116 Å². The van der Waals surface area contributed by atoms with E-state index in [9.17, 15) is 9.18 Å². The van der Waals surface area contributed by atoms with Gasteiger partial charge in [-0.15, -0.1) is 0 Å². The number of carbonyl (C=O) groups is 1. The summed E-state index contributed by atoms with van der Waals surface area (Å²) < 4.78 is 13.6. The molecule has 2 aromatic carbocycles. The summed E-state index contributed by atoms with van der Waals surface area (Å²) in [5.41, 5.74) is 2.60. The van der Waals surface area contributed by atoms with E-state index in [0.717, 1.165) is 11.1 Å². The number of carbonyl (C=O) groups excluding carboxylic acids is 1. The Bertz CT molecular complexity index is 620. The summed E-state index contributed by atoms with van der Waals surface area (Å²) in [6.07, 6.45) is 0. The van der Waals surface area contributed by atoms with E-state index in [2.05, 4.69) is 5.32 Å². The van der Waals surface area contributed by atoms with E-state index in [1.807, 2.05) is 19.9 Å². The average molecular weight is 278 g/mol. The molecule has 0 unspecified atom stereocenters. The van der Waals surface area contributed by atoms with E-state index in [0.29, 0.717) is 10.6 Å². The van der Waals surface area contributed by atoms with Crippen molar-refractivity contribution in [1.29, 1.82) is 0 Å². The van der Waals surface area contributed by atoms with E-state index < -0.39 is 5.82 Å². The minimum atomic E-state index is -0.551. The molecule has 0 aliphatic rings. The van der Waals surface area contributed by atoms with Crippen LogP contribution in [0.3, 0.4) is 0 Å². The second-order valence-electron chi connectivity index (χ2n) is 4.45. The van der Waals surface area contributed by atoms with Gasteiger partial charge >= 0.3 is 0 Å². The molecule has 98 valence electrons. The molecule has 0 spiro atoms. The van der Waals surface area contributed by atoms with Crippen molar-refractivity contribution in [1.82, 2.24) is 0 Å². The molecule has 1 amide bonds. The second kappa shape index (κ2) is 5.41. The van der Waals surface area contributed by atoms with Gasteiger partial charge in [-0.2, -0.15) is 0 Å². The molecule has 2 aromatic rings. The van der Waals surface area contributed by atoms with Gasteiger partial charge < -0.3 is 5.32 Å². The molecule has 1 N–H and O–H groups in total. The van der Waals surface area contributed by atoms with Crippen LogP contribution in [0.5, 0.6) is 0 Å². The lowest BCUT2D eigenvalue weighted by molar-refractivity contribution is 0.102. The summed E-state index contributed by atoms with van der Waals surface area (Å²) in [5, 5.41) is 2.83. The van der Waals surface area contributed by atoms with Crippen LogP contribution in [0.2, 0.25) is 5.02 Å². The van der Waals surface area contributed by atoms with Crippen molar-refractivity contribution in [3.05, 3.63) is 63.9 Å². The average Bonchev–Trinajstić information content (AvgIpc) is 2.31. The quantitative estimate of drug-likeness (QED) is 0.869. The lowest BCUT2D eigenvalue weighted by atomic mass is 10.1. The van der Waals surface area contributed by atoms with Gasteiger partial charge in [0.1, 0.15) is 5.82 Å². The summed E-state index contributed by atoms with van der Waals surface area (Å²) in [6, 6.07) is 9.63. The zero-order valence-corrected chi connectivity index (χ0v) is 11.4. The zero-order chi connectivity index (χ0) is 14.0. The molecular formula is C15H13ClFNO. The molecule has 0 saturated carbocycles. The van der Waals surface area contributed by atoms with Crippen LogP contribution >= 0.6 is 11.6 Å². The Hall–Kier alpha value is -1.87. The fraction of sp³-hybridized carbons (Fsp3) is 0.133. The van der Waals surface area contributed by atoms with Crippen LogP contribution in [0.25, 0.3) is 0 Å². The summed E-state index contributed by atoms with van der Waals surface area (Å²) in [4.78, 5) is 12.0. The van der Waals surface area contributed by atoms with Crippen LogP contribution in [-0.2, 0) is 0 Å². The standard InChI is InChI=1S/C15H13ClFNO/c1-9-5-10(2)7-11(6-9)15(19)18-14-4-3-12(16)8-13(14)17/h3-8H,1-2H3,(H,18,19). The molecule has 19 heavy (non-hydrogen) atoms. The van der Waals surface area contributed by atoms with Crippen LogP contribution in [-0.4, -0.2) is 5.91 Å².